The van der Waals surface area contributed by atoms with Crippen LogP contribution < -0.4 is 5.32 Å². The Bertz CT molecular complexity index is 549. The second-order valence-electron chi connectivity index (χ2n) is 4.82. The minimum atomic E-state index is -0.962. The summed E-state index contributed by atoms with van der Waals surface area (Å²) >= 11 is 1.32. The van der Waals surface area contributed by atoms with Gasteiger partial charge in [-0.15, -0.1) is 11.3 Å². The summed E-state index contributed by atoms with van der Waals surface area (Å²) in [6.45, 7) is 1.22. The Balaban J connectivity index is 1.88. The second-order valence-corrected chi connectivity index (χ2v) is 5.74. The molecule has 0 spiro atoms. The van der Waals surface area contributed by atoms with Crippen LogP contribution in [0.5, 0.6) is 0 Å². The highest BCUT2D eigenvalue weighted by Gasteiger charge is 2.30. The molecule has 6 nitrogen and oxygen atoms in total. The predicted octanol–water partition coefficient (Wildman–Crippen LogP) is 1.46. The zero-order valence-electron chi connectivity index (χ0n) is 11.9. The molecule has 0 aliphatic heterocycles. The van der Waals surface area contributed by atoms with Crippen LogP contribution in [0.25, 0.3) is 0 Å². The monoisotopic (exact) mass is 311 g/mol. The molecule has 0 bridgehead atoms. The number of esters is 2. The number of thiophene rings is 1. The second kappa shape index (κ2) is 6.71. The average Bonchev–Trinajstić information content (AvgIpc) is 3.20. The summed E-state index contributed by atoms with van der Waals surface area (Å²) in [4.78, 5) is 35.3. The van der Waals surface area contributed by atoms with Crippen LogP contribution in [0.1, 0.15) is 40.9 Å². The summed E-state index contributed by atoms with van der Waals surface area (Å²) < 4.78 is 9.56. The number of hydrogen-bond donors (Lipinski definition) is 1. The SMILES string of the molecule is COC(=O)CNC(=O)[C@@H](C)OC(=O)c1sccc1C1CC1. The molecular formula is C14H17NO5S. The number of methoxy groups -OCH3 is 1. The van der Waals surface area contributed by atoms with Crippen molar-refractivity contribution in [2.75, 3.05) is 13.7 Å². The Morgan fingerprint density at radius 2 is 2.14 bits per heavy atom. The minimum Gasteiger partial charge on any atom is -0.468 e. The van der Waals surface area contributed by atoms with Crippen molar-refractivity contribution in [3.05, 3.63) is 21.9 Å². The molecule has 1 aliphatic rings. The normalized spacial score (nSPS) is 15.1. The molecular weight excluding hydrogens is 294 g/mol. The molecule has 1 N–H and O–H groups in total. The number of carbonyl (C=O) groups excluding carboxylic acids is 3. The van der Waals surface area contributed by atoms with Crippen LogP contribution >= 0.6 is 11.3 Å². The molecule has 1 fully saturated rings. The van der Waals surface area contributed by atoms with Gasteiger partial charge in [0.25, 0.3) is 5.91 Å². The van der Waals surface area contributed by atoms with E-state index in [4.69, 9.17) is 4.74 Å². The van der Waals surface area contributed by atoms with Gasteiger partial charge in [-0.25, -0.2) is 4.79 Å². The van der Waals surface area contributed by atoms with Gasteiger partial charge >= 0.3 is 11.9 Å². The molecule has 0 radical (unpaired) electrons. The molecule has 21 heavy (non-hydrogen) atoms. The van der Waals surface area contributed by atoms with Gasteiger partial charge in [0.15, 0.2) is 6.10 Å². The Kier molecular flexibility index (Phi) is 4.95. The molecule has 1 saturated carbocycles. The Morgan fingerprint density at radius 1 is 1.43 bits per heavy atom. The van der Waals surface area contributed by atoms with Crippen LogP contribution in [0.4, 0.5) is 0 Å². The van der Waals surface area contributed by atoms with Crippen molar-refractivity contribution < 1.29 is 23.9 Å². The van der Waals surface area contributed by atoms with E-state index in [1.165, 1.54) is 25.4 Å². The third-order valence-corrected chi connectivity index (χ3v) is 4.10. The molecule has 1 aliphatic carbocycles. The average molecular weight is 311 g/mol. The van der Waals surface area contributed by atoms with Crippen molar-refractivity contribution in [1.29, 1.82) is 0 Å². The molecule has 7 heteroatoms. The van der Waals surface area contributed by atoms with Crippen LogP contribution in [0.3, 0.4) is 0 Å². The predicted molar refractivity (Wildman–Crippen MR) is 76.2 cm³/mol. The van der Waals surface area contributed by atoms with E-state index in [9.17, 15) is 14.4 Å². The third-order valence-electron chi connectivity index (χ3n) is 3.19. The highest BCUT2D eigenvalue weighted by Crippen LogP contribution is 2.43. The smallest absolute Gasteiger partial charge is 0.349 e. The van der Waals surface area contributed by atoms with Crippen molar-refractivity contribution in [2.24, 2.45) is 0 Å². The van der Waals surface area contributed by atoms with Gasteiger partial charge in [-0.2, -0.15) is 0 Å². The summed E-state index contributed by atoms with van der Waals surface area (Å²) in [6, 6.07) is 1.93. The zero-order valence-corrected chi connectivity index (χ0v) is 12.7. The van der Waals surface area contributed by atoms with Crippen LogP contribution in [0.15, 0.2) is 11.4 Å². The van der Waals surface area contributed by atoms with E-state index in [1.807, 2.05) is 11.4 Å². The summed E-state index contributed by atoms with van der Waals surface area (Å²) in [6.07, 6.45) is 1.22. The maximum absolute atomic E-state index is 12.1. The number of hydrogen-bond acceptors (Lipinski definition) is 6. The van der Waals surface area contributed by atoms with Crippen molar-refractivity contribution in [2.45, 2.75) is 31.8 Å². The number of carbonyl (C=O) groups is 3. The topological polar surface area (TPSA) is 81.7 Å². The fraction of sp³-hybridized carbons (Fsp3) is 0.500. The maximum atomic E-state index is 12.1. The zero-order chi connectivity index (χ0) is 15.4. The van der Waals surface area contributed by atoms with E-state index in [-0.39, 0.29) is 6.54 Å². The fourth-order valence-corrected chi connectivity index (χ4v) is 2.71. The Labute approximate surface area is 126 Å². The summed E-state index contributed by atoms with van der Waals surface area (Å²) in [5.41, 5.74) is 1.01. The first-order valence-corrected chi connectivity index (χ1v) is 7.53. The molecule has 1 heterocycles. The van der Waals surface area contributed by atoms with Crippen LogP contribution in [-0.2, 0) is 19.1 Å². The summed E-state index contributed by atoms with van der Waals surface area (Å²) in [7, 11) is 1.23. The standard InChI is InChI=1S/C14H17NO5S/c1-8(13(17)15-7-11(16)19-2)20-14(18)12-10(5-6-21-12)9-3-4-9/h5-6,8-9H,3-4,7H2,1-2H3,(H,15,17)/t8-/m1/s1. The number of rotatable bonds is 6. The molecule has 0 saturated heterocycles. The van der Waals surface area contributed by atoms with E-state index in [0.717, 1.165) is 18.4 Å². The van der Waals surface area contributed by atoms with Gasteiger partial charge in [-0.1, -0.05) is 0 Å². The maximum Gasteiger partial charge on any atom is 0.349 e. The van der Waals surface area contributed by atoms with Gasteiger partial charge in [0.05, 0.1) is 7.11 Å². The van der Waals surface area contributed by atoms with Gasteiger partial charge in [-0.05, 0) is 42.7 Å². The van der Waals surface area contributed by atoms with Crippen molar-refractivity contribution >= 4 is 29.2 Å². The minimum absolute atomic E-state index is 0.246. The van der Waals surface area contributed by atoms with E-state index in [0.29, 0.717) is 10.8 Å². The Morgan fingerprint density at radius 3 is 2.76 bits per heavy atom. The van der Waals surface area contributed by atoms with E-state index < -0.39 is 23.9 Å². The molecule has 114 valence electrons. The van der Waals surface area contributed by atoms with E-state index >= 15 is 0 Å². The molecule has 1 atom stereocenters. The molecule has 1 aromatic rings. The third kappa shape index (κ3) is 4.04. The first kappa shape index (κ1) is 15.5. The largest absolute Gasteiger partial charge is 0.468 e. The van der Waals surface area contributed by atoms with E-state index in [2.05, 4.69) is 10.1 Å². The number of nitrogens with one attached hydrogen (secondary N) is 1. The van der Waals surface area contributed by atoms with Gasteiger partial charge in [0.2, 0.25) is 0 Å². The van der Waals surface area contributed by atoms with E-state index in [1.54, 1.807) is 0 Å². The van der Waals surface area contributed by atoms with Gasteiger partial charge in [-0.3, -0.25) is 9.59 Å². The van der Waals surface area contributed by atoms with Crippen molar-refractivity contribution in [3.63, 3.8) is 0 Å². The number of amides is 1. The van der Waals surface area contributed by atoms with Crippen molar-refractivity contribution in [1.82, 2.24) is 5.32 Å². The number of ether oxygens (including phenoxy) is 2. The quantitative estimate of drug-likeness (QED) is 0.804. The lowest BCUT2D eigenvalue weighted by Gasteiger charge is -2.13. The highest BCUT2D eigenvalue weighted by atomic mass is 32.1. The van der Waals surface area contributed by atoms with Gasteiger partial charge in [0.1, 0.15) is 11.4 Å². The highest BCUT2D eigenvalue weighted by molar-refractivity contribution is 7.12. The Hall–Kier alpha value is -1.89. The lowest BCUT2D eigenvalue weighted by molar-refractivity contribution is -0.142. The lowest BCUT2D eigenvalue weighted by atomic mass is 10.2. The first-order valence-electron chi connectivity index (χ1n) is 6.65. The van der Waals surface area contributed by atoms with Gasteiger partial charge < -0.3 is 14.8 Å². The van der Waals surface area contributed by atoms with Crippen LogP contribution in [0.2, 0.25) is 0 Å². The lowest BCUT2D eigenvalue weighted by Crippen LogP contribution is -2.38. The molecule has 1 aromatic heterocycles. The molecule has 0 unspecified atom stereocenters. The van der Waals surface area contributed by atoms with Crippen LogP contribution in [0, 0.1) is 0 Å². The molecule has 2 rings (SSSR count). The fourth-order valence-electron chi connectivity index (χ4n) is 1.84. The van der Waals surface area contributed by atoms with Crippen LogP contribution in [-0.4, -0.2) is 37.6 Å². The van der Waals surface area contributed by atoms with Gasteiger partial charge in [0, 0.05) is 0 Å². The molecule has 0 aromatic carbocycles. The summed E-state index contributed by atoms with van der Waals surface area (Å²) in [5, 5.41) is 4.20. The van der Waals surface area contributed by atoms with Crippen molar-refractivity contribution in [3.8, 4) is 0 Å². The summed E-state index contributed by atoms with van der Waals surface area (Å²) in [5.74, 6) is -1.13. The molecule has 1 amide bonds. The first-order chi connectivity index (χ1) is 10.0.